The summed E-state index contributed by atoms with van der Waals surface area (Å²) in [7, 11) is 2.94. The third-order valence-electron chi connectivity index (χ3n) is 5.45. The summed E-state index contributed by atoms with van der Waals surface area (Å²) in [5.74, 6) is 1.11. The third kappa shape index (κ3) is 2.32. The lowest BCUT2D eigenvalue weighted by Crippen LogP contribution is -2.18. The summed E-state index contributed by atoms with van der Waals surface area (Å²) in [4.78, 5) is 12.6. The van der Waals surface area contributed by atoms with Crippen LogP contribution < -0.4 is 18.9 Å². The van der Waals surface area contributed by atoms with Gasteiger partial charge in [0, 0.05) is 5.92 Å². The molecule has 2 aromatic rings. The van der Waals surface area contributed by atoms with Crippen LogP contribution in [0.4, 0.5) is 0 Å². The van der Waals surface area contributed by atoms with E-state index in [4.69, 9.17) is 23.7 Å². The Balaban J connectivity index is 1.75. The predicted molar refractivity (Wildman–Crippen MR) is 97.3 cm³/mol. The molecular formula is C21H18O7. The molecule has 7 nitrogen and oxygen atoms in total. The first-order chi connectivity index (χ1) is 13.6. The number of ether oxygens (including phenoxy) is 5. The molecule has 3 aliphatic rings. The highest BCUT2D eigenvalue weighted by Crippen LogP contribution is 2.50. The number of rotatable bonds is 3. The largest absolute Gasteiger partial charge is 0.502 e. The lowest BCUT2D eigenvalue weighted by molar-refractivity contribution is -0.136. The van der Waals surface area contributed by atoms with Crippen LogP contribution in [0.15, 0.2) is 35.4 Å². The van der Waals surface area contributed by atoms with E-state index in [2.05, 4.69) is 0 Å². The fourth-order valence-corrected chi connectivity index (χ4v) is 4.15. The number of carbonyl (C=O) groups is 1. The van der Waals surface area contributed by atoms with E-state index in [0.717, 1.165) is 22.3 Å². The second kappa shape index (κ2) is 6.09. The van der Waals surface area contributed by atoms with Gasteiger partial charge in [-0.05, 0) is 52.9 Å². The molecule has 0 spiro atoms. The molecule has 5 rings (SSSR count). The Morgan fingerprint density at radius 3 is 2.36 bits per heavy atom. The van der Waals surface area contributed by atoms with E-state index in [1.165, 1.54) is 14.2 Å². The zero-order chi connectivity index (χ0) is 19.4. The highest BCUT2D eigenvalue weighted by Gasteiger charge is 2.39. The van der Waals surface area contributed by atoms with Crippen LogP contribution in [0.2, 0.25) is 0 Å². The van der Waals surface area contributed by atoms with Gasteiger partial charge in [0.25, 0.3) is 0 Å². The van der Waals surface area contributed by atoms with Gasteiger partial charge in [-0.15, -0.1) is 0 Å². The first kappa shape index (κ1) is 16.8. The van der Waals surface area contributed by atoms with Gasteiger partial charge in [0.05, 0.1) is 19.8 Å². The Morgan fingerprint density at radius 1 is 1.00 bits per heavy atom. The molecule has 0 unspecified atom stereocenters. The second-order valence-electron chi connectivity index (χ2n) is 6.88. The second-order valence-corrected chi connectivity index (χ2v) is 6.88. The maximum absolute atomic E-state index is 12.6. The number of cyclic esters (lactones) is 1. The number of carbonyl (C=O) groups excluding carboxylic acids is 1. The lowest BCUT2D eigenvalue weighted by Gasteiger charge is -2.27. The van der Waals surface area contributed by atoms with Crippen LogP contribution in [-0.2, 0) is 16.0 Å². The first-order valence-corrected chi connectivity index (χ1v) is 8.87. The number of fused-ring (bicyclic) bond motifs is 2. The zero-order valence-corrected chi connectivity index (χ0v) is 15.4. The van der Waals surface area contributed by atoms with Gasteiger partial charge >= 0.3 is 5.97 Å². The average molecular weight is 382 g/mol. The van der Waals surface area contributed by atoms with Crippen molar-refractivity contribution in [1.29, 1.82) is 0 Å². The molecule has 1 atom stereocenters. The highest BCUT2D eigenvalue weighted by atomic mass is 16.7. The number of hydrogen-bond donors (Lipinski definition) is 1. The Kier molecular flexibility index (Phi) is 3.65. The zero-order valence-electron chi connectivity index (χ0n) is 15.4. The van der Waals surface area contributed by atoms with Gasteiger partial charge in [0.15, 0.2) is 23.0 Å². The van der Waals surface area contributed by atoms with Crippen molar-refractivity contribution in [3.05, 3.63) is 52.1 Å². The van der Waals surface area contributed by atoms with Crippen LogP contribution >= 0.6 is 0 Å². The molecule has 2 heterocycles. The number of phenols is 1. The maximum Gasteiger partial charge on any atom is 0.335 e. The summed E-state index contributed by atoms with van der Waals surface area (Å²) in [6.45, 7) is 0.462. The highest BCUT2D eigenvalue weighted by molar-refractivity contribution is 5.95. The molecule has 28 heavy (non-hydrogen) atoms. The van der Waals surface area contributed by atoms with Crippen molar-refractivity contribution >= 4 is 5.97 Å². The van der Waals surface area contributed by atoms with Crippen molar-refractivity contribution in [3.8, 4) is 28.7 Å². The number of methoxy groups -OCH3 is 2. The SMILES string of the molecule is COc1cc([C@H]2C3=C(COC3=O)Cc3cc4c(cc32)OCO4)cc(OC)c1O. The van der Waals surface area contributed by atoms with Gasteiger partial charge < -0.3 is 28.8 Å². The minimum Gasteiger partial charge on any atom is -0.502 e. The Hall–Kier alpha value is -3.35. The van der Waals surface area contributed by atoms with Crippen LogP contribution in [0.1, 0.15) is 22.6 Å². The molecule has 0 saturated heterocycles. The smallest absolute Gasteiger partial charge is 0.335 e. The molecule has 0 radical (unpaired) electrons. The van der Waals surface area contributed by atoms with Gasteiger partial charge in [-0.25, -0.2) is 4.79 Å². The maximum atomic E-state index is 12.6. The minimum absolute atomic E-state index is 0.0846. The number of aromatic hydroxyl groups is 1. The van der Waals surface area contributed by atoms with Crippen molar-refractivity contribution in [1.82, 2.24) is 0 Å². The fraction of sp³-hybridized carbons (Fsp3) is 0.286. The van der Waals surface area contributed by atoms with Crippen molar-refractivity contribution in [3.63, 3.8) is 0 Å². The summed E-state index contributed by atoms with van der Waals surface area (Å²) >= 11 is 0. The number of benzene rings is 2. The molecule has 0 saturated carbocycles. The summed E-state index contributed by atoms with van der Waals surface area (Å²) in [6, 6.07) is 7.33. The first-order valence-electron chi connectivity index (χ1n) is 8.87. The summed E-state index contributed by atoms with van der Waals surface area (Å²) < 4.78 is 27.0. The summed E-state index contributed by atoms with van der Waals surface area (Å²) in [5.41, 5.74) is 4.33. The van der Waals surface area contributed by atoms with Gasteiger partial charge in [0.1, 0.15) is 6.61 Å². The van der Waals surface area contributed by atoms with E-state index >= 15 is 0 Å². The lowest BCUT2D eigenvalue weighted by atomic mass is 9.75. The Morgan fingerprint density at radius 2 is 1.68 bits per heavy atom. The number of phenolic OH excluding ortho intramolecular Hbond substituents is 1. The van der Waals surface area contributed by atoms with Crippen molar-refractivity contribution in [2.75, 3.05) is 27.6 Å². The van der Waals surface area contributed by atoms with Gasteiger partial charge in [-0.2, -0.15) is 0 Å². The van der Waals surface area contributed by atoms with Gasteiger partial charge in [0.2, 0.25) is 12.5 Å². The summed E-state index contributed by atoms with van der Waals surface area (Å²) in [6.07, 6.45) is 0.621. The van der Waals surface area contributed by atoms with E-state index in [0.29, 0.717) is 23.5 Å². The van der Waals surface area contributed by atoms with E-state index in [9.17, 15) is 9.90 Å². The third-order valence-corrected chi connectivity index (χ3v) is 5.45. The number of esters is 1. The Bertz CT molecular complexity index is 1010. The molecule has 1 aliphatic carbocycles. The molecule has 7 heteroatoms. The molecule has 2 aromatic carbocycles. The molecular weight excluding hydrogens is 364 g/mol. The topological polar surface area (TPSA) is 83.5 Å². The predicted octanol–water partition coefficient (Wildman–Crippen LogP) is 2.68. The minimum atomic E-state index is -0.383. The van der Waals surface area contributed by atoms with Crippen molar-refractivity contribution in [2.45, 2.75) is 12.3 Å². The molecule has 144 valence electrons. The average Bonchev–Trinajstić information content (AvgIpc) is 3.31. The van der Waals surface area contributed by atoms with Crippen LogP contribution in [0.3, 0.4) is 0 Å². The van der Waals surface area contributed by atoms with Crippen molar-refractivity contribution in [2.24, 2.45) is 0 Å². The molecule has 0 bridgehead atoms. The Labute approximate surface area is 161 Å². The molecule has 0 amide bonds. The van der Waals surface area contributed by atoms with Gasteiger partial charge in [-0.3, -0.25) is 0 Å². The van der Waals surface area contributed by atoms with Crippen LogP contribution in [0.5, 0.6) is 28.7 Å². The van der Waals surface area contributed by atoms with E-state index in [1.54, 1.807) is 12.1 Å². The van der Waals surface area contributed by atoms with E-state index in [1.807, 2.05) is 12.1 Å². The van der Waals surface area contributed by atoms with E-state index in [-0.39, 0.29) is 42.5 Å². The van der Waals surface area contributed by atoms with E-state index < -0.39 is 0 Å². The fourth-order valence-electron chi connectivity index (χ4n) is 4.15. The number of hydrogen-bond acceptors (Lipinski definition) is 7. The van der Waals surface area contributed by atoms with Gasteiger partial charge in [-0.1, -0.05) is 0 Å². The molecule has 1 N–H and O–H groups in total. The normalized spacial score (nSPS) is 19.2. The molecule has 0 fully saturated rings. The van der Waals surface area contributed by atoms with Crippen LogP contribution in [0, 0.1) is 0 Å². The quantitative estimate of drug-likeness (QED) is 0.817. The molecule has 2 aliphatic heterocycles. The van der Waals surface area contributed by atoms with Crippen molar-refractivity contribution < 1.29 is 33.6 Å². The standard InChI is InChI=1S/C21H18O7/c1-24-16-5-11(6-17(25-2)20(16)22)18-13-7-15-14(27-9-28-15)4-10(13)3-12-8-26-21(23)19(12)18/h4-7,18,22H,3,8-9H2,1-2H3/t18-/m1/s1. The van der Waals surface area contributed by atoms with Crippen LogP contribution in [0.25, 0.3) is 0 Å². The monoisotopic (exact) mass is 382 g/mol. The molecule has 0 aromatic heterocycles. The summed E-state index contributed by atoms with van der Waals surface area (Å²) in [5, 5.41) is 10.3. The van der Waals surface area contributed by atoms with Crippen LogP contribution in [-0.4, -0.2) is 38.7 Å².